The molecule has 9 nitrogen and oxygen atoms in total. The number of aromatic nitrogens is 4. The number of hydrogen-bond donors (Lipinski definition) is 2. The minimum absolute atomic E-state index is 0.230. The van der Waals surface area contributed by atoms with Gasteiger partial charge in [0.2, 0.25) is 5.95 Å². The van der Waals surface area contributed by atoms with Crippen LogP contribution in [0, 0.1) is 6.92 Å². The van der Waals surface area contributed by atoms with Crippen molar-refractivity contribution in [2.24, 2.45) is 0 Å². The van der Waals surface area contributed by atoms with Crippen LogP contribution in [0.25, 0.3) is 11.3 Å². The highest BCUT2D eigenvalue weighted by atomic mass is 16.1. The first-order chi connectivity index (χ1) is 18.6. The number of benzene rings is 1. The van der Waals surface area contributed by atoms with E-state index in [1.807, 2.05) is 37.3 Å². The number of carbonyl (C=O) groups is 1. The summed E-state index contributed by atoms with van der Waals surface area (Å²) in [4.78, 5) is 35.4. The number of pyridine rings is 2. The molecule has 1 fully saturated rings. The van der Waals surface area contributed by atoms with Gasteiger partial charge in [0.05, 0.1) is 22.6 Å². The van der Waals surface area contributed by atoms with Gasteiger partial charge in [-0.25, -0.2) is 9.97 Å². The van der Waals surface area contributed by atoms with E-state index in [0.29, 0.717) is 17.2 Å². The molecule has 1 saturated heterocycles. The maximum absolute atomic E-state index is 13.0. The molecule has 9 heteroatoms. The van der Waals surface area contributed by atoms with Crippen LogP contribution in [-0.4, -0.2) is 63.5 Å². The number of piperazine rings is 1. The SMILES string of the molecule is CCCN1CCN(c2ccc(NC(=O)c3cnc(C)c(Nc4nccc(-c5cccnc5)n4)c3)cc2)CC1. The first-order valence-electron chi connectivity index (χ1n) is 12.9. The lowest BCUT2D eigenvalue weighted by Gasteiger charge is -2.36. The Kier molecular flexibility index (Phi) is 7.84. The third kappa shape index (κ3) is 6.12. The molecule has 0 saturated carbocycles. The van der Waals surface area contributed by atoms with Crippen molar-refractivity contribution in [3.8, 4) is 11.3 Å². The zero-order chi connectivity index (χ0) is 26.3. The van der Waals surface area contributed by atoms with Crippen molar-refractivity contribution < 1.29 is 4.79 Å². The van der Waals surface area contributed by atoms with E-state index in [0.717, 1.165) is 55.4 Å². The first kappa shape index (κ1) is 25.3. The molecule has 4 heterocycles. The molecule has 0 aliphatic carbocycles. The summed E-state index contributed by atoms with van der Waals surface area (Å²) in [5.41, 5.74) is 5.41. The summed E-state index contributed by atoms with van der Waals surface area (Å²) in [6, 6.07) is 15.4. The number of carbonyl (C=O) groups excluding carboxylic acids is 1. The standard InChI is InChI=1S/C29H32N8O/c1-3-13-36-14-16-37(17-15-36)25-8-6-24(7-9-25)33-28(38)23-18-27(21(2)32-20-23)35-29-31-12-10-26(34-29)22-5-4-11-30-19-22/h4-12,18-20H,3,13-17H2,1-2H3,(H,33,38)(H,31,34,35). The van der Waals surface area contributed by atoms with Gasteiger partial charge in [0, 0.05) is 67.9 Å². The van der Waals surface area contributed by atoms with Gasteiger partial charge in [0.15, 0.2) is 0 Å². The lowest BCUT2D eigenvalue weighted by atomic mass is 10.2. The van der Waals surface area contributed by atoms with Crippen LogP contribution in [0.4, 0.5) is 23.0 Å². The van der Waals surface area contributed by atoms with Gasteiger partial charge in [0.1, 0.15) is 0 Å². The molecular weight excluding hydrogens is 476 g/mol. The molecule has 0 atom stereocenters. The average Bonchev–Trinajstić information content (AvgIpc) is 2.96. The van der Waals surface area contributed by atoms with Crippen LogP contribution in [0.15, 0.2) is 73.3 Å². The van der Waals surface area contributed by atoms with Gasteiger partial charge in [-0.2, -0.15) is 0 Å². The van der Waals surface area contributed by atoms with Crippen molar-refractivity contribution in [1.82, 2.24) is 24.8 Å². The maximum Gasteiger partial charge on any atom is 0.257 e. The summed E-state index contributed by atoms with van der Waals surface area (Å²) in [6.07, 6.45) is 7.93. The van der Waals surface area contributed by atoms with E-state index in [-0.39, 0.29) is 5.91 Å². The number of rotatable bonds is 8. The first-order valence-corrected chi connectivity index (χ1v) is 12.9. The Labute approximate surface area is 223 Å². The summed E-state index contributed by atoms with van der Waals surface area (Å²) >= 11 is 0. The van der Waals surface area contributed by atoms with E-state index in [1.165, 1.54) is 12.1 Å². The molecule has 38 heavy (non-hydrogen) atoms. The molecule has 2 N–H and O–H groups in total. The van der Waals surface area contributed by atoms with Gasteiger partial charge in [-0.05, 0) is 68.4 Å². The van der Waals surface area contributed by atoms with Crippen molar-refractivity contribution in [2.45, 2.75) is 20.3 Å². The molecule has 4 aromatic rings. The fourth-order valence-electron chi connectivity index (χ4n) is 4.50. The van der Waals surface area contributed by atoms with Crippen LogP contribution in [0.2, 0.25) is 0 Å². The summed E-state index contributed by atoms with van der Waals surface area (Å²) in [7, 11) is 0. The van der Waals surface area contributed by atoms with E-state index >= 15 is 0 Å². The van der Waals surface area contributed by atoms with Crippen molar-refractivity contribution in [3.05, 3.63) is 84.6 Å². The smallest absolute Gasteiger partial charge is 0.257 e. The molecule has 0 spiro atoms. The Bertz CT molecular complexity index is 1370. The number of nitrogens with zero attached hydrogens (tertiary/aromatic N) is 6. The second-order valence-electron chi connectivity index (χ2n) is 9.32. The number of nitrogens with one attached hydrogen (secondary N) is 2. The summed E-state index contributed by atoms with van der Waals surface area (Å²) in [6.45, 7) is 9.46. The van der Waals surface area contributed by atoms with Crippen molar-refractivity contribution in [1.29, 1.82) is 0 Å². The summed E-state index contributed by atoms with van der Waals surface area (Å²) in [5, 5.41) is 6.18. The highest BCUT2D eigenvalue weighted by Gasteiger charge is 2.17. The van der Waals surface area contributed by atoms with Crippen molar-refractivity contribution in [3.63, 3.8) is 0 Å². The van der Waals surface area contributed by atoms with Gasteiger partial charge in [-0.3, -0.25) is 19.7 Å². The predicted molar refractivity (Wildman–Crippen MR) is 151 cm³/mol. The normalized spacial score (nSPS) is 13.8. The van der Waals surface area contributed by atoms with Crippen molar-refractivity contribution >= 4 is 28.9 Å². The number of hydrogen-bond acceptors (Lipinski definition) is 8. The molecule has 194 valence electrons. The second-order valence-corrected chi connectivity index (χ2v) is 9.32. The lowest BCUT2D eigenvalue weighted by molar-refractivity contribution is 0.102. The van der Waals surface area contributed by atoms with E-state index in [4.69, 9.17) is 0 Å². The third-order valence-electron chi connectivity index (χ3n) is 6.61. The van der Waals surface area contributed by atoms with Gasteiger partial charge in [-0.1, -0.05) is 6.92 Å². The van der Waals surface area contributed by atoms with Gasteiger partial charge in [0.25, 0.3) is 5.91 Å². The number of amides is 1. The van der Waals surface area contributed by atoms with Crippen LogP contribution in [0.3, 0.4) is 0 Å². The Morgan fingerprint density at radius 1 is 0.974 bits per heavy atom. The zero-order valence-corrected chi connectivity index (χ0v) is 21.8. The third-order valence-corrected chi connectivity index (χ3v) is 6.61. The number of aryl methyl sites for hydroxylation is 1. The molecule has 3 aromatic heterocycles. The van der Waals surface area contributed by atoms with E-state index < -0.39 is 0 Å². The highest BCUT2D eigenvalue weighted by Crippen LogP contribution is 2.23. The molecule has 1 amide bonds. The minimum atomic E-state index is -0.230. The van der Waals surface area contributed by atoms with E-state index in [2.05, 4.69) is 59.4 Å². The summed E-state index contributed by atoms with van der Waals surface area (Å²) in [5.74, 6) is 0.187. The number of anilines is 4. The molecule has 5 rings (SSSR count). The zero-order valence-electron chi connectivity index (χ0n) is 21.8. The predicted octanol–water partition coefficient (Wildman–Crippen LogP) is 4.77. The molecule has 0 unspecified atom stereocenters. The van der Waals surface area contributed by atoms with Crippen LogP contribution in [0.1, 0.15) is 29.4 Å². The summed E-state index contributed by atoms with van der Waals surface area (Å²) < 4.78 is 0. The van der Waals surface area contributed by atoms with Crippen LogP contribution in [0.5, 0.6) is 0 Å². The van der Waals surface area contributed by atoms with Gasteiger partial charge >= 0.3 is 0 Å². The molecule has 0 radical (unpaired) electrons. The largest absolute Gasteiger partial charge is 0.369 e. The molecule has 1 aliphatic rings. The molecular formula is C29H32N8O. The molecule has 0 bridgehead atoms. The fourth-order valence-corrected chi connectivity index (χ4v) is 4.50. The minimum Gasteiger partial charge on any atom is -0.369 e. The molecule has 1 aromatic carbocycles. The quantitative estimate of drug-likeness (QED) is 0.351. The lowest BCUT2D eigenvalue weighted by Crippen LogP contribution is -2.46. The maximum atomic E-state index is 13.0. The Morgan fingerprint density at radius 2 is 1.79 bits per heavy atom. The topological polar surface area (TPSA) is 99.2 Å². The average molecular weight is 509 g/mol. The Balaban J connectivity index is 1.24. The highest BCUT2D eigenvalue weighted by molar-refractivity contribution is 6.04. The van der Waals surface area contributed by atoms with Crippen LogP contribution < -0.4 is 15.5 Å². The Hall–Kier alpha value is -4.37. The Morgan fingerprint density at radius 3 is 2.53 bits per heavy atom. The van der Waals surface area contributed by atoms with Crippen LogP contribution >= 0.6 is 0 Å². The van der Waals surface area contributed by atoms with Crippen molar-refractivity contribution in [2.75, 3.05) is 48.3 Å². The van der Waals surface area contributed by atoms with E-state index in [1.54, 1.807) is 30.9 Å². The molecule has 1 aliphatic heterocycles. The van der Waals surface area contributed by atoms with Crippen LogP contribution in [-0.2, 0) is 0 Å². The van der Waals surface area contributed by atoms with Gasteiger partial charge < -0.3 is 15.5 Å². The fraction of sp³-hybridized carbons (Fsp3) is 0.276. The van der Waals surface area contributed by atoms with Gasteiger partial charge in [-0.15, -0.1) is 0 Å². The van der Waals surface area contributed by atoms with E-state index in [9.17, 15) is 4.79 Å². The monoisotopic (exact) mass is 508 g/mol. The second kappa shape index (κ2) is 11.8.